The molecule has 0 aromatic heterocycles. The third kappa shape index (κ3) is 3.11. The van der Waals surface area contributed by atoms with Crippen LogP contribution in [0.2, 0.25) is 0 Å². The molecule has 0 bridgehead atoms. The highest BCUT2D eigenvalue weighted by molar-refractivity contribution is 5.79. The van der Waals surface area contributed by atoms with Gasteiger partial charge in [0, 0.05) is 38.6 Å². The number of hydrogen-bond donors (Lipinski definition) is 0. The fourth-order valence-electron chi connectivity index (χ4n) is 4.66. The first-order valence-electron chi connectivity index (χ1n) is 8.88. The average Bonchev–Trinajstić information content (AvgIpc) is 3.14. The Morgan fingerprint density at radius 3 is 2.29 bits per heavy atom. The number of nitrogens with zero attached hydrogens (tertiary/aromatic N) is 2. The Morgan fingerprint density at radius 1 is 0.952 bits per heavy atom. The number of carbonyl (C=O) groups is 1. The number of rotatable bonds is 3. The molecule has 4 rings (SSSR count). The topological polar surface area (TPSA) is 32.8 Å². The van der Waals surface area contributed by atoms with Gasteiger partial charge >= 0.3 is 0 Å². The molecule has 1 amide bonds. The zero-order chi connectivity index (χ0) is 14.2. The lowest BCUT2D eigenvalue weighted by atomic mass is 9.94. The summed E-state index contributed by atoms with van der Waals surface area (Å²) in [5, 5.41) is 0. The molecular formula is C17H28N2O2. The normalized spacial score (nSPS) is 37.5. The molecule has 2 unspecified atom stereocenters. The summed E-state index contributed by atoms with van der Waals surface area (Å²) in [6.45, 7) is 7.16. The van der Waals surface area contributed by atoms with Gasteiger partial charge in [0.25, 0.3) is 0 Å². The van der Waals surface area contributed by atoms with Crippen LogP contribution in [-0.2, 0) is 9.53 Å². The predicted molar refractivity (Wildman–Crippen MR) is 80.9 cm³/mol. The van der Waals surface area contributed by atoms with E-state index in [4.69, 9.17) is 4.74 Å². The third-order valence-corrected chi connectivity index (χ3v) is 6.14. The van der Waals surface area contributed by atoms with Crippen LogP contribution in [0.3, 0.4) is 0 Å². The molecule has 2 atom stereocenters. The van der Waals surface area contributed by atoms with E-state index >= 15 is 0 Å². The number of amides is 1. The minimum Gasteiger partial charge on any atom is -0.379 e. The molecular weight excluding hydrogens is 264 g/mol. The van der Waals surface area contributed by atoms with E-state index in [2.05, 4.69) is 9.80 Å². The number of morpholine rings is 1. The van der Waals surface area contributed by atoms with Gasteiger partial charge in [0.15, 0.2) is 0 Å². The lowest BCUT2D eigenvalue weighted by Gasteiger charge is -2.37. The highest BCUT2D eigenvalue weighted by atomic mass is 16.5. The maximum atomic E-state index is 12.6. The van der Waals surface area contributed by atoms with E-state index in [0.29, 0.717) is 11.8 Å². The first-order valence-corrected chi connectivity index (χ1v) is 8.88. The molecule has 0 radical (unpaired) electrons. The van der Waals surface area contributed by atoms with Crippen molar-refractivity contribution < 1.29 is 9.53 Å². The van der Waals surface area contributed by atoms with Crippen molar-refractivity contribution in [2.45, 2.75) is 32.1 Å². The summed E-state index contributed by atoms with van der Waals surface area (Å²) in [7, 11) is 0. The number of hydrogen-bond acceptors (Lipinski definition) is 3. The summed E-state index contributed by atoms with van der Waals surface area (Å²) in [6, 6.07) is 0. The van der Waals surface area contributed by atoms with Crippen molar-refractivity contribution in [3.63, 3.8) is 0 Å². The van der Waals surface area contributed by atoms with E-state index in [0.717, 1.165) is 57.1 Å². The Balaban J connectivity index is 1.21. The number of piperidine rings is 1. The summed E-state index contributed by atoms with van der Waals surface area (Å²) in [5.41, 5.74) is 0. The second kappa shape index (κ2) is 5.88. The number of carbonyl (C=O) groups excluding carboxylic acids is 1. The van der Waals surface area contributed by atoms with Gasteiger partial charge in [-0.1, -0.05) is 0 Å². The molecule has 2 aliphatic heterocycles. The Hall–Kier alpha value is -0.610. The van der Waals surface area contributed by atoms with Gasteiger partial charge in [0.1, 0.15) is 0 Å². The first-order chi connectivity index (χ1) is 10.3. The van der Waals surface area contributed by atoms with Gasteiger partial charge in [-0.25, -0.2) is 0 Å². The summed E-state index contributed by atoms with van der Waals surface area (Å²) in [4.78, 5) is 17.3. The van der Waals surface area contributed by atoms with Crippen LogP contribution in [0.1, 0.15) is 32.1 Å². The third-order valence-electron chi connectivity index (χ3n) is 6.14. The molecule has 21 heavy (non-hydrogen) atoms. The lowest BCUT2D eigenvalue weighted by molar-refractivity contribution is -0.137. The lowest BCUT2D eigenvalue weighted by Crippen LogP contribution is -2.45. The quantitative estimate of drug-likeness (QED) is 0.792. The standard InChI is InChI=1S/C17H28N2O2/c20-17(16-10-14-9-15(14)11-16)19-3-1-13(2-4-19)12-18-5-7-21-8-6-18/h13-16H,1-12H2. The van der Waals surface area contributed by atoms with Crippen molar-refractivity contribution in [1.29, 1.82) is 0 Å². The van der Waals surface area contributed by atoms with Gasteiger partial charge < -0.3 is 9.64 Å². The Kier molecular flexibility index (Phi) is 3.92. The van der Waals surface area contributed by atoms with Gasteiger partial charge in [-0.05, 0) is 49.9 Å². The van der Waals surface area contributed by atoms with Crippen LogP contribution in [0.4, 0.5) is 0 Å². The fourth-order valence-corrected chi connectivity index (χ4v) is 4.66. The Bertz CT molecular complexity index is 376. The van der Waals surface area contributed by atoms with E-state index < -0.39 is 0 Å². The van der Waals surface area contributed by atoms with Gasteiger partial charge in [-0.2, -0.15) is 0 Å². The van der Waals surface area contributed by atoms with Gasteiger partial charge in [0.2, 0.25) is 5.91 Å². The summed E-state index contributed by atoms with van der Waals surface area (Å²) in [5.74, 6) is 3.47. The maximum absolute atomic E-state index is 12.6. The highest BCUT2D eigenvalue weighted by Crippen LogP contribution is 2.54. The second-order valence-corrected chi connectivity index (χ2v) is 7.61. The molecule has 4 aliphatic rings. The average molecular weight is 292 g/mol. The number of likely N-dealkylation sites (tertiary alicyclic amines) is 1. The Morgan fingerprint density at radius 2 is 1.62 bits per heavy atom. The largest absolute Gasteiger partial charge is 0.379 e. The van der Waals surface area contributed by atoms with Crippen LogP contribution < -0.4 is 0 Å². The second-order valence-electron chi connectivity index (χ2n) is 7.61. The fraction of sp³-hybridized carbons (Fsp3) is 0.941. The monoisotopic (exact) mass is 292 g/mol. The maximum Gasteiger partial charge on any atom is 0.225 e. The minimum atomic E-state index is 0.379. The number of fused-ring (bicyclic) bond motifs is 1. The first kappa shape index (κ1) is 14.0. The van der Waals surface area contributed by atoms with Gasteiger partial charge in [-0.15, -0.1) is 0 Å². The highest BCUT2D eigenvalue weighted by Gasteiger charge is 2.48. The molecule has 0 N–H and O–H groups in total. The molecule has 118 valence electrons. The summed E-state index contributed by atoms with van der Waals surface area (Å²) in [6.07, 6.45) is 6.19. The van der Waals surface area contributed by atoms with E-state index in [1.807, 2.05) is 0 Å². The molecule has 4 heteroatoms. The molecule has 2 aliphatic carbocycles. The van der Waals surface area contributed by atoms with E-state index in [1.165, 1.54) is 38.6 Å². The van der Waals surface area contributed by atoms with Crippen molar-refractivity contribution in [3.8, 4) is 0 Å². The smallest absolute Gasteiger partial charge is 0.225 e. The summed E-state index contributed by atoms with van der Waals surface area (Å²) >= 11 is 0. The minimum absolute atomic E-state index is 0.379. The number of ether oxygens (including phenoxy) is 1. The van der Waals surface area contributed by atoms with Crippen LogP contribution in [0.15, 0.2) is 0 Å². The van der Waals surface area contributed by atoms with Gasteiger partial charge in [0.05, 0.1) is 13.2 Å². The van der Waals surface area contributed by atoms with Crippen LogP contribution >= 0.6 is 0 Å². The van der Waals surface area contributed by atoms with Crippen LogP contribution in [0.5, 0.6) is 0 Å². The van der Waals surface area contributed by atoms with E-state index in [9.17, 15) is 4.79 Å². The van der Waals surface area contributed by atoms with Crippen molar-refractivity contribution in [3.05, 3.63) is 0 Å². The molecule has 2 saturated carbocycles. The SMILES string of the molecule is O=C(C1CC2CC2C1)N1CCC(CN2CCOCC2)CC1. The van der Waals surface area contributed by atoms with Crippen molar-refractivity contribution in [2.24, 2.45) is 23.7 Å². The molecule has 0 spiro atoms. The van der Waals surface area contributed by atoms with E-state index in [-0.39, 0.29) is 0 Å². The molecule has 4 fully saturated rings. The van der Waals surface area contributed by atoms with Crippen LogP contribution in [-0.4, -0.2) is 61.6 Å². The zero-order valence-corrected chi connectivity index (χ0v) is 13.0. The van der Waals surface area contributed by atoms with Crippen molar-refractivity contribution in [2.75, 3.05) is 45.9 Å². The molecule has 0 aromatic rings. The molecule has 2 heterocycles. The van der Waals surface area contributed by atoms with Crippen LogP contribution in [0, 0.1) is 23.7 Å². The van der Waals surface area contributed by atoms with Crippen molar-refractivity contribution in [1.82, 2.24) is 9.80 Å². The zero-order valence-electron chi connectivity index (χ0n) is 13.0. The predicted octanol–water partition coefficient (Wildman–Crippen LogP) is 1.60. The Labute approximate surface area is 127 Å². The molecule has 2 saturated heterocycles. The molecule has 4 nitrogen and oxygen atoms in total. The van der Waals surface area contributed by atoms with Gasteiger partial charge in [-0.3, -0.25) is 9.69 Å². The van der Waals surface area contributed by atoms with Crippen LogP contribution in [0.25, 0.3) is 0 Å². The summed E-state index contributed by atoms with van der Waals surface area (Å²) < 4.78 is 5.41. The van der Waals surface area contributed by atoms with Crippen molar-refractivity contribution >= 4 is 5.91 Å². The molecule has 0 aromatic carbocycles. The van der Waals surface area contributed by atoms with E-state index in [1.54, 1.807) is 0 Å².